The molecule has 0 saturated heterocycles. The molecule has 2 N–H and O–H groups in total. The van der Waals surface area contributed by atoms with Crippen molar-refractivity contribution in [2.24, 2.45) is 0 Å². The molecule has 1 heterocycles. The first-order chi connectivity index (χ1) is 9.97. The number of carbonyl (C=O) groups is 1. The summed E-state index contributed by atoms with van der Waals surface area (Å²) in [5, 5.41) is 2.35. The fourth-order valence-electron chi connectivity index (χ4n) is 1.56. The Morgan fingerprint density at radius 2 is 2.10 bits per heavy atom. The fourth-order valence-corrected chi connectivity index (χ4v) is 1.79. The van der Waals surface area contributed by atoms with E-state index in [0.717, 1.165) is 0 Å². The van der Waals surface area contributed by atoms with E-state index in [-0.39, 0.29) is 22.0 Å². The van der Waals surface area contributed by atoms with E-state index in [1.54, 1.807) is 0 Å². The normalized spacial score (nSPS) is 10.5. The van der Waals surface area contributed by atoms with Crippen molar-refractivity contribution in [2.75, 3.05) is 5.32 Å². The molecule has 0 unspecified atom stereocenters. The summed E-state index contributed by atoms with van der Waals surface area (Å²) in [6.07, 6.45) is 2.65. The molecular weight excluding hydrogens is 306 g/mol. The Kier molecular flexibility index (Phi) is 4.54. The fraction of sp³-hybridized carbons (Fsp3) is 0.0769. The molecule has 2 rings (SSSR count). The number of hydrogen-bond acceptors (Lipinski definition) is 3. The second-order valence-corrected chi connectivity index (χ2v) is 4.31. The summed E-state index contributed by atoms with van der Waals surface area (Å²) in [5.41, 5.74) is -0.286. The molecule has 0 aliphatic carbocycles. The molecule has 1 amide bonds. The zero-order chi connectivity index (χ0) is 15.4. The number of carbonyl (C=O) groups excluding carboxylic acids is 1. The van der Waals surface area contributed by atoms with Gasteiger partial charge in [-0.3, -0.25) is 9.59 Å². The first-order valence-corrected chi connectivity index (χ1v) is 6.08. The number of nitrogens with one attached hydrogen (secondary N) is 2. The lowest BCUT2D eigenvalue weighted by Crippen LogP contribution is -2.20. The Morgan fingerprint density at radius 3 is 2.71 bits per heavy atom. The Hall–Kier alpha value is -2.41. The van der Waals surface area contributed by atoms with Gasteiger partial charge in [0.2, 0.25) is 0 Å². The summed E-state index contributed by atoms with van der Waals surface area (Å²) >= 11 is 5.76. The number of H-pyrrole nitrogens is 1. The number of ether oxygens (including phenoxy) is 1. The van der Waals surface area contributed by atoms with Crippen LogP contribution in [0.3, 0.4) is 0 Å². The van der Waals surface area contributed by atoms with E-state index in [0.29, 0.717) is 0 Å². The topological polar surface area (TPSA) is 71.2 Å². The lowest BCUT2D eigenvalue weighted by molar-refractivity contribution is -0.0497. The molecular formula is C13H9ClF2N2O3. The van der Waals surface area contributed by atoms with Crippen LogP contribution in [0.1, 0.15) is 10.4 Å². The van der Waals surface area contributed by atoms with E-state index in [9.17, 15) is 18.4 Å². The zero-order valence-electron chi connectivity index (χ0n) is 10.4. The zero-order valence-corrected chi connectivity index (χ0v) is 11.2. The molecule has 0 fully saturated rings. The van der Waals surface area contributed by atoms with Crippen LogP contribution in [0.25, 0.3) is 0 Å². The van der Waals surface area contributed by atoms with E-state index in [4.69, 9.17) is 11.6 Å². The third-order valence-corrected chi connectivity index (χ3v) is 2.77. The Bertz CT molecular complexity index is 719. The van der Waals surface area contributed by atoms with Crippen molar-refractivity contribution in [1.29, 1.82) is 0 Å². The van der Waals surface area contributed by atoms with Gasteiger partial charge in [0, 0.05) is 24.1 Å². The van der Waals surface area contributed by atoms with Gasteiger partial charge in [-0.05, 0) is 18.2 Å². The second kappa shape index (κ2) is 6.36. The molecule has 5 nitrogen and oxygen atoms in total. The van der Waals surface area contributed by atoms with Gasteiger partial charge < -0.3 is 15.0 Å². The Morgan fingerprint density at radius 1 is 1.33 bits per heavy atom. The smallest absolute Gasteiger partial charge is 0.387 e. The van der Waals surface area contributed by atoms with Gasteiger partial charge in [0.15, 0.2) is 5.43 Å². The number of benzene rings is 1. The van der Waals surface area contributed by atoms with Crippen LogP contribution < -0.4 is 15.5 Å². The summed E-state index contributed by atoms with van der Waals surface area (Å²) in [6, 6.07) is 4.98. The third-order valence-electron chi connectivity index (χ3n) is 2.47. The highest BCUT2D eigenvalue weighted by molar-refractivity contribution is 6.32. The number of anilines is 1. The average Bonchev–Trinajstić information content (AvgIpc) is 2.42. The number of halogens is 3. The van der Waals surface area contributed by atoms with Gasteiger partial charge >= 0.3 is 6.61 Å². The number of pyridine rings is 1. The Balaban J connectivity index is 2.17. The minimum Gasteiger partial charge on any atom is -0.433 e. The predicted octanol–water partition coefficient (Wildman–Crippen LogP) is 2.88. The van der Waals surface area contributed by atoms with Gasteiger partial charge in [-0.25, -0.2) is 0 Å². The average molecular weight is 315 g/mol. The number of amides is 1. The van der Waals surface area contributed by atoms with Gasteiger partial charge in [-0.1, -0.05) is 11.6 Å². The largest absolute Gasteiger partial charge is 0.433 e. The van der Waals surface area contributed by atoms with Crippen LogP contribution in [0.15, 0.2) is 41.5 Å². The maximum Gasteiger partial charge on any atom is 0.387 e. The van der Waals surface area contributed by atoms with Crippen LogP contribution in [0.5, 0.6) is 5.75 Å². The van der Waals surface area contributed by atoms with Gasteiger partial charge in [0.25, 0.3) is 5.91 Å². The van der Waals surface area contributed by atoms with Crippen LogP contribution in [0, 0.1) is 0 Å². The first kappa shape index (κ1) is 15.0. The predicted molar refractivity (Wildman–Crippen MR) is 73.1 cm³/mol. The van der Waals surface area contributed by atoms with Gasteiger partial charge in [-0.15, -0.1) is 0 Å². The number of aromatic nitrogens is 1. The molecule has 21 heavy (non-hydrogen) atoms. The molecule has 0 radical (unpaired) electrons. The molecule has 1 aromatic heterocycles. The maximum absolute atomic E-state index is 12.1. The molecule has 2 aromatic rings. The van der Waals surface area contributed by atoms with E-state index in [1.165, 1.54) is 36.7 Å². The van der Waals surface area contributed by atoms with Crippen LogP contribution in [0.4, 0.5) is 14.5 Å². The molecule has 0 saturated carbocycles. The lowest BCUT2D eigenvalue weighted by Gasteiger charge is -2.09. The summed E-state index contributed by atoms with van der Waals surface area (Å²) in [5.74, 6) is -0.849. The van der Waals surface area contributed by atoms with Crippen LogP contribution in [0.2, 0.25) is 5.02 Å². The molecule has 0 aliphatic rings. The monoisotopic (exact) mass is 314 g/mol. The highest BCUT2D eigenvalue weighted by Crippen LogP contribution is 2.29. The van der Waals surface area contributed by atoms with Crippen LogP contribution >= 0.6 is 11.6 Å². The van der Waals surface area contributed by atoms with E-state index >= 15 is 0 Å². The van der Waals surface area contributed by atoms with Crippen molar-refractivity contribution in [3.05, 3.63) is 57.5 Å². The molecule has 8 heteroatoms. The maximum atomic E-state index is 12.1. The van der Waals surface area contributed by atoms with E-state index in [1.807, 2.05) is 0 Å². The van der Waals surface area contributed by atoms with E-state index in [2.05, 4.69) is 15.0 Å². The van der Waals surface area contributed by atoms with Crippen molar-refractivity contribution in [3.8, 4) is 5.75 Å². The highest BCUT2D eigenvalue weighted by atomic mass is 35.5. The van der Waals surface area contributed by atoms with Gasteiger partial charge in [-0.2, -0.15) is 8.78 Å². The van der Waals surface area contributed by atoms with Crippen LogP contribution in [-0.2, 0) is 0 Å². The summed E-state index contributed by atoms with van der Waals surface area (Å²) in [6.45, 7) is -2.99. The summed E-state index contributed by atoms with van der Waals surface area (Å²) in [7, 11) is 0. The van der Waals surface area contributed by atoms with Crippen molar-refractivity contribution < 1.29 is 18.3 Å². The standard InChI is InChI=1S/C13H9ClF2N2O3/c14-9-5-7(1-2-11(9)21-13(15)16)18-12(20)8-6-17-4-3-10(8)19/h1-6,13H,(H,17,19)(H,18,20). The molecule has 0 bridgehead atoms. The number of rotatable bonds is 4. The molecule has 0 atom stereocenters. The molecule has 0 spiro atoms. The minimum absolute atomic E-state index is 0.0819. The second-order valence-electron chi connectivity index (χ2n) is 3.90. The van der Waals surface area contributed by atoms with E-state index < -0.39 is 17.9 Å². The molecule has 0 aliphatic heterocycles. The first-order valence-electron chi connectivity index (χ1n) is 5.70. The SMILES string of the molecule is O=C(Nc1ccc(OC(F)F)c(Cl)c1)c1c[nH]ccc1=O. The lowest BCUT2D eigenvalue weighted by atomic mass is 10.2. The van der Waals surface area contributed by atoms with Gasteiger partial charge in [0.1, 0.15) is 11.3 Å². The highest BCUT2D eigenvalue weighted by Gasteiger charge is 2.12. The third kappa shape index (κ3) is 3.79. The number of aromatic amines is 1. The van der Waals surface area contributed by atoms with Crippen molar-refractivity contribution in [1.82, 2.24) is 4.98 Å². The Labute approximate surface area is 122 Å². The molecule has 1 aromatic carbocycles. The van der Waals surface area contributed by atoms with Gasteiger partial charge in [0.05, 0.1) is 5.02 Å². The molecule has 110 valence electrons. The number of hydrogen-bond donors (Lipinski definition) is 2. The van der Waals surface area contributed by atoms with Crippen LogP contribution in [-0.4, -0.2) is 17.5 Å². The summed E-state index contributed by atoms with van der Waals surface area (Å²) in [4.78, 5) is 26.0. The van der Waals surface area contributed by atoms with Crippen molar-refractivity contribution >= 4 is 23.2 Å². The van der Waals surface area contributed by atoms with Crippen molar-refractivity contribution in [2.45, 2.75) is 6.61 Å². The van der Waals surface area contributed by atoms with Crippen molar-refractivity contribution in [3.63, 3.8) is 0 Å². The minimum atomic E-state index is -2.99. The summed E-state index contributed by atoms with van der Waals surface area (Å²) < 4.78 is 28.4. The number of alkyl halides is 2. The quantitative estimate of drug-likeness (QED) is 0.911.